The Morgan fingerprint density at radius 2 is 2.07 bits per heavy atom. The Bertz CT molecular complexity index is 1010. The van der Waals surface area contributed by atoms with Crippen molar-refractivity contribution in [3.63, 3.8) is 0 Å². The lowest BCUT2D eigenvalue weighted by Crippen LogP contribution is -2.39. The standard InChI is InChI=1S/C19H19BrN4O4S/c1-5-28-18(25)15-9(2)23-19-24(17(22)14(8-21)29-19)16(15)10-6-11(20)13(27-4)7-12(10)26-3/h6-7,16H,5,22H2,1-4H3/t16-/m0/s1. The fourth-order valence-electron chi connectivity index (χ4n) is 3.20. The van der Waals surface area contributed by atoms with Gasteiger partial charge in [0.1, 0.15) is 34.3 Å². The van der Waals surface area contributed by atoms with Crippen LogP contribution in [0.25, 0.3) is 0 Å². The van der Waals surface area contributed by atoms with Crippen molar-refractivity contribution in [2.24, 2.45) is 10.7 Å². The lowest BCUT2D eigenvalue weighted by molar-refractivity contribution is -0.139. The molecule has 1 aromatic rings. The molecule has 0 bridgehead atoms. The minimum Gasteiger partial charge on any atom is -0.496 e. The molecule has 29 heavy (non-hydrogen) atoms. The molecule has 2 aliphatic rings. The summed E-state index contributed by atoms with van der Waals surface area (Å²) in [7, 11) is 3.08. The van der Waals surface area contributed by atoms with E-state index in [1.54, 1.807) is 38.0 Å². The molecule has 152 valence electrons. The summed E-state index contributed by atoms with van der Waals surface area (Å²) < 4.78 is 16.9. The molecule has 0 unspecified atom stereocenters. The van der Waals surface area contributed by atoms with E-state index >= 15 is 0 Å². The minimum atomic E-state index is -0.683. The zero-order valence-electron chi connectivity index (χ0n) is 16.3. The number of ether oxygens (including phenoxy) is 3. The Morgan fingerprint density at radius 3 is 2.66 bits per heavy atom. The number of methoxy groups -OCH3 is 2. The molecule has 2 heterocycles. The largest absolute Gasteiger partial charge is 0.496 e. The maximum atomic E-state index is 12.9. The van der Waals surface area contributed by atoms with Crippen LogP contribution in [0.15, 0.2) is 43.6 Å². The molecule has 0 aromatic heterocycles. The molecule has 0 aliphatic carbocycles. The predicted molar refractivity (Wildman–Crippen MR) is 113 cm³/mol. The highest BCUT2D eigenvalue weighted by molar-refractivity contribution is 9.10. The second kappa shape index (κ2) is 8.39. The van der Waals surface area contributed by atoms with Crippen LogP contribution in [0.1, 0.15) is 25.5 Å². The summed E-state index contributed by atoms with van der Waals surface area (Å²) >= 11 is 4.65. The molecule has 0 amide bonds. The van der Waals surface area contributed by atoms with Crippen molar-refractivity contribution in [2.45, 2.75) is 19.9 Å². The zero-order chi connectivity index (χ0) is 21.3. The van der Waals surface area contributed by atoms with Gasteiger partial charge in [-0.15, -0.1) is 0 Å². The number of halogens is 1. The third-order valence-corrected chi connectivity index (χ3v) is 6.07. The number of thioether (sulfide) groups is 1. The van der Waals surface area contributed by atoms with Crippen LogP contribution in [0, 0.1) is 11.3 Å². The fraction of sp³-hybridized carbons (Fsp3) is 0.316. The van der Waals surface area contributed by atoms with E-state index in [9.17, 15) is 10.1 Å². The van der Waals surface area contributed by atoms with Gasteiger partial charge in [-0.25, -0.2) is 9.79 Å². The van der Waals surface area contributed by atoms with E-state index in [-0.39, 0.29) is 12.4 Å². The summed E-state index contributed by atoms with van der Waals surface area (Å²) in [6, 6.07) is 4.93. The molecule has 1 atom stereocenters. The number of esters is 1. The first-order valence-corrected chi connectivity index (χ1v) is 10.2. The highest BCUT2D eigenvalue weighted by atomic mass is 79.9. The van der Waals surface area contributed by atoms with Crippen molar-refractivity contribution >= 4 is 38.8 Å². The molecule has 0 radical (unpaired) electrons. The molecular formula is C19H19BrN4O4S. The van der Waals surface area contributed by atoms with E-state index in [0.717, 1.165) is 11.8 Å². The van der Waals surface area contributed by atoms with Gasteiger partial charge in [-0.3, -0.25) is 4.90 Å². The zero-order valence-corrected chi connectivity index (χ0v) is 18.7. The number of hydrogen-bond donors (Lipinski definition) is 1. The van der Waals surface area contributed by atoms with Gasteiger partial charge in [0.2, 0.25) is 0 Å². The molecule has 0 saturated carbocycles. The topological polar surface area (TPSA) is 110 Å². The molecule has 1 aromatic carbocycles. The predicted octanol–water partition coefficient (Wildman–Crippen LogP) is 3.41. The first-order chi connectivity index (χ1) is 13.9. The van der Waals surface area contributed by atoms with E-state index in [2.05, 4.69) is 27.0 Å². The van der Waals surface area contributed by atoms with Gasteiger partial charge in [0.15, 0.2) is 5.17 Å². The summed E-state index contributed by atoms with van der Waals surface area (Å²) in [5.74, 6) is 0.791. The number of amidine groups is 1. The highest BCUT2D eigenvalue weighted by Gasteiger charge is 2.44. The van der Waals surface area contributed by atoms with Crippen molar-refractivity contribution in [2.75, 3.05) is 20.8 Å². The van der Waals surface area contributed by atoms with Crippen LogP contribution < -0.4 is 15.2 Å². The van der Waals surface area contributed by atoms with Gasteiger partial charge in [-0.2, -0.15) is 5.26 Å². The molecule has 2 N–H and O–H groups in total. The van der Waals surface area contributed by atoms with E-state index in [0.29, 0.717) is 42.9 Å². The summed E-state index contributed by atoms with van der Waals surface area (Å²) in [6.07, 6.45) is 0. The Balaban J connectivity index is 2.28. The monoisotopic (exact) mass is 478 g/mol. The number of carbonyl (C=O) groups excluding carboxylic acids is 1. The number of nitrogens with two attached hydrogens (primary N) is 1. The van der Waals surface area contributed by atoms with Gasteiger partial charge < -0.3 is 19.9 Å². The Labute approximate surface area is 181 Å². The SMILES string of the molecule is CCOC(=O)C1=C(C)N=C2SC(C#N)=C(N)N2[C@H]1c1cc(Br)c(OC)cc1OC. The third kappa shape index (κ3) is 3.56. The van der Waals surface area contributed by atoms with Crippen LogP contribution in [0.4, 0.5) is 0 Å². The number of allylic oxidation sites excluding steroid dienone is 2. The van der Waals surface area contributed by atoms with E-state index in [4.69, 9.17) is 19.9 Å². The number of aliphatic imine (C=N–C) groups is 1. The lowest BCUT2D eigenvalue weighted by atomic mass is 9.93. The van der Waals surface area contributed by atoms with Gasteiger partial charge in [0.05, 0.1) is 36.6 Å². The van der Waals surface area contributed by atoms with Crippen LogP contribution in [0.5, 0.6) is 11.5 Å². The first-order valence-electron chi connectivity index (χ1n) is 8.62. The van der Waals surface area contributed by atoms with Crippen LogP contribution in [-0.4, -0.2) is 36.9 Å². The molecule has 0 fully saturated rings. The number of nitrogens with zero attached hydrogens (tertiary/aromatic N) is 3. The number of hydrogen-bond acceptors (Lipinski definition) is 9. The summed E-state index contributed by atoms with van der Waals surface area (Å²) in [5, 5.41) is 9.95. The Kier molecular flexibility index (Phi) is 6.10. The minimum absolute atomic E-state index is 0.214. The number of carbonyl (C=O) groups is 1. The summed E-state index contributed by atoms with van der Waals surface area (Å²) in [5.41, 5.74) is 7.74. The second-order valence-electron chi connectivity index (χ2n) is 6.04. The second-order valence-corrected chi connectivity index (χ2v) is 7.88. The molecule has 2 aliphatic heterocycles. The fourth-order valence-corrected chi connectivity index (χ4v) is 4.64. The Morgan fingerprint density at radius 1 is 1.38 bits per heavy atom. The molecule has 0 spiro atoms. The average molecular weight is 479 g/mol. The summed E-state index contributed by atoms with van der Waals surface area (Å²) in [6.45, 7) is 3.68. The van der Waals surface area contributed by atoms with Gasteiger partial charge in [-0.1, -0.05) is 0 Å². The first kappa shape index (κ1) is 21.1. The number of rotatable bonds is 5. The maximum absolute atomic E-state index is 12.9. The average Bonchev–Trinajstić information content (AvgIpc) is 3.02. The van der Waals surface area contributed by atoms with Crippen molar-refractivity contribution in [3.05, 3.63) is 44.2 Å². The van der Waals surface area contributed by atoms with E-state index in [1.807, 2.05) is 0 Å². The van der Waals surface area contributed by atoms with Crippen LogP contribution in [-0.2, 0) is 9.53 Å². The quantitative estimate of drug-likeness (QED) is 0.640. The molecule has 3 rings (SSSR count). The van der Waals surface area contributed by atoms with Crippen LogP contribution in [0.2, 0.25) is 0 Å². The van der Waals surface area contributed by atoms with Crippen molar-refractivity contribution in [1.82, 2.24) is 4.90 Å². The highest BCUT2D eigenvalue weighted by Crippen LogP contribution is 2.48. The normalized spacial score (nSPS) is 18.3. The number of benzene rings is 1. The van der Waals surface area contributed by atoms with Gasteiger partial charge >= 0.3 is 5.97 Å². The smallest absolute Gasteiger partial charge is 0.338 e. The van der Waals surface area contributed by atoms with Crippen LogP contribution >= 0.6 is 27.7 Å². The van der Waals surface area contributed by atoms with Crippen LogP contribution in [0.3, 0.4) is 0 Å². The van der Waals surface area contributed by atoms with Gasteiger partial charge in [-0.05, 0) is 47.6 Å². The molecule has 0 saturated heterocycles. The number of nitriles is 1. The number of fused-ring (bicyclic) bond motifs is 1. The molecular weight excluding hydrogens is 460 g/mol. The van der Waals surface area contributed by atoms with Gasteiger partial charge in [0.25, 0.3) is 0 Å². The van der Waals surface area contributed by atoms with E-state index < -0.39 is 12.0 Å². The van der Waals surface area contributed by atoms with Crippen molar-refractivity contribution in [1.29, 1.82) is 5.26 Å². The van der Waals surface area contributed by atoms with E-state index in [1.165, 1.54) is 7.11 Å². The maximum Gasteiger partial charge on any atom is 0.338 e. The lowest BCUT2D eigenvalue weighted by Gasteiger charge is -2.35. The molecule has 8 nitrogen and oxygen atoms in total. The Hall–Kier alpha value is -2.64. The van der Waals surface area contributed by atoms with Crippen molar-refractivity contribution in [3.8, 4) is 17.6 Å². The third-order valence-electron chi connectivity index (χ3n) is 4.47. The summed E-state index contributed by atoms with van der Waals surface area (Å²) in [4.78, 5) is 19.3. The molecule has 10 heteroatoms. The van der Waals surface area contributed by atoms with Crippen molar-refractivity contribution < 1.29 is 19.0 Å². The van der Waals surface area contributed by atoms with Gasteiger partial charge in [0, 0.05) is 11.6 Å².